The summed E-state index contributed by atoms with van der Waals surface area (Å²) in [5, 5.41) is 9.83. The molecule has 140 valence electrons. The third kappa shape index (κ3) is 5.17. The lowest BCUT2D eigenvalue weighted by atomic mass is 10.1. The van der Waals surface area contributed by atoms with Gasteiger partial charge in [-0.1, -0.05) is 24.3 Å². The molecular formula is C21H22FN3O2. The second-order valence-electron chi connectivity index (χ2n) is 6.29. The van der Waals surface area contributed by atoms with Crippen LogP contribution in [0.25, 0.3) is 0 Å². The molecule has 0 saturated heterocycles. The maximum absolute atomic E-state index is 13.0. The van der Waals surface area contributed by atoms with Gasteiger partial charge >= 0.3 is 0 Å². The Morgan fingerprint density at radius 2 is 1.96 bits per heavy atom. The number of aromatic amines is 1. The summed E-state index contributed by atoms with van der Waals surface area (Å²) < 4.78 is 18.7. The van der Waals surface area contributed by atoms with Crippen molar-refractivity contribution >= 4 is 5.91 Å². The molecule has 3 rings (SSSR count). The fourth-order valence-electron chi connectivity index (χ4n) is 2.73. The fraction of sp³-hybridized carbons (Fsp3) is 0.238. The van der Waals surface area contributed by atoms with Crippen LogP contribution in [0.1, 0.15) is 33.6 Å². The standard InChI is InChI=1S/C21H22FN3O2/c1-15-17(13-24-25-15)5-4-12-23-21(26)19-6-2-3-7-20(19)27-14-16-8-10-18(22)11-9-16/h2-3,6-11,13H,4-5,12,14H2,1H3,(H,23,26)(H,24,25). The maximum atomic E-state index is 13.0. The molecule has 0 aliphatic carbocycles. The van der Waals surface area contributed by atoms with Crippen LogP contribution >= 0.6 is 0 Å². The molecule has 3 aromatic rings. The molecule has 1 heterocycles. The van der Waals surface area contributed by atoms with E-state index in [2.05, 4.69) is 15.5 Å². The highest BCUT2D eigenvalue weighted by atomic mass is 19.1. The number of carbonyl (C=O) groups excluding carboxylic acids is 1. The van der Waals surface area contributed by atoms with E-state index in [4.69, 9.17) is 4.74 Å². The topological polar surface area (TPSA) is 67.0 Å². The van der Waals surface area contributed by atoms with Crippen molar-refractivity contribution in [3.63, 3.8) is 0 Å². The van der Waals surface area contributed by atoms with Gasteiger partial charge in [-0.25, -0.2) is 4.39 Å². The van der Waals surface area contributed by atoms with Gasteiger partial charge in [-0.15, -0.1) is 0 Å². The van der Waals surface area contributed by atoms with Gasteiger partial charge in [0.15, 0.2) is 0 Å². The molecule has 2 N–H and O–H groups in total. The number of carbonyl (C=O) groups is 1. The predicted octanol–water partition coefficient (Wildman–Crippen LogP) is 3.80. The van der Waals surface area contributed by atoms with Crippen molar-refractivity contribution in [1.82, 2.24) is 15.5 Å². The van der Waals surface area contributed by atoms with Crippen LogP contribution < -0.4 is 10.1 Å². The molecule has 0 aliphatic heterocycles. The van der Waals surface area contributed by atoms with Crippen molar-refractivity contribution in [2.45, 2.75) is 26.4 Å². The Balaban J connectivity index is 1.53. The molecule has 0 unspecified atom stereocenters. The minimum atomic E-state index is -0.288. The van der Waals surface area contributed by atoms with Crippen molar-refractivity contribution in [2.75, 3.05) is 6.54 Å². The molecule has 0 atom stereocenters. The lowest BCUT2D eigenvalue weighted by molar-refractivity contribution is 0.0948. The van der Waals surface area contributed by atoms with E-state index in [0.29, 0.717) is 17.9 Å². The highest BCUT2D eigenvalue weighted by molar-refractivity contribution is 5.96. The van der Waals surface area contributed by atoms with E-state index >= 15 is 0 Å². The summed E-state index contributed by atoms with van der Waals surface area (Å²) in [5.41, 5.74) is 3.54. The Morgan fingerprint density at radius 1 is 1.19 bits per heavy atom. The van der Waals surface area contributed by atoms with Crippen molar-refractivity contribution in [3.05, 3.63) is 82.9 Å². The predicted molar refractivity (Wildman–Crippen MR) is 101 cm³/mol. The van der Waals surface area contributed by atoms with Crippen LogP contribution in [-0.2, 0) is 13.0 Å². The number of aryl methyl sites for hydroxylation is 2. The second kappa shape index (κ2) is 8.98. The fourth-order valence-corrected chi connectivity index (χ4v) is 2.73. The summed E-state index contributed by atoms with van der Waals surface area (Å²) in [6.07, 6.45) is 3.49. The zero-order valence-corrected chi connectivity index (χ0v) is 15.2. The van der Waals surface area contributed by atoms with Gasteiger partial charge in [-0.2, -0.15) is 5.10 Å². The molecule has 0 bridgehead atoms. The molecule has 0 radical (unpaired) electrons. The lowest BCUT2D eigenvalue weighted by Gasteiger charge is -2.12. The van der Waals surface area contributed by atoms with Crippen molar-refractivity contribution < 1.29 is 13.9 Å². The first-order valence-electron chi connectivity index (χ1n) is 8.87. The van der Waals surface area contributed by atoms with Crippen LogP contribution in [0.3, 0.4) is 0 Å². The van der Waals surface area contributed by atoms with E-state index in [0.717, 1.165) is 29.7 Å². The van der Waals surface area contributed by atoms with E-state index in [1.165, 1.54) is 12.1 Å². The molecule has 0 spiro atoms. The minimum absolute atomic E-state index is 0.173. The number of benzene rings is 2. The molecule has 5 nitrogen and oxygen atoms in total. The molecule has 0 saturated carbocycles. The molecule has 1 aromatic heterocycles. The van der Waals surface area contributed by atoms with Crippen LogP contribution in [0.2, 0.25) is 0 Å². The molecule has 0 fully saturated rings. The summed E-state index contributed by atoms with van der Waals surface area (Å²) in [6, 6.07) is 13.2. The number of aromatic nitrogens is 2. The SMILES string of the molecule is Cc1[nH]ncc1CCCNC(=O)c1ccccc1OCc1ccc(F)cc1. The number of para-hydroxylation sites is 1. The van der Waals surface area contributed by atoms with Crippen molar-refractivity contribution in [2.24, 2.45) is 0 Å². The number of amides is 1. The number of H-pyrrole nitrogens is 1. The maximum Gasteiger partial charge on any atom is 0.255 e. The van der Waals surface area contributed by atoms with Crippen LogP contribution in [0.5, 0.6) is 5.75 Å². The zero-order valence-electron chi connectivity index (χ0n) is 15.2. The molecule has 6 heteroatoms. The lowest BCUT2D eigenvalue weighted by Crippen LogP contribution is -2.25. The zero-order chi connectivity index (χ0) is 19.1. The summed E-state index contributed by atoms with van der Waals surface area (Å²) >= 11 is 0. The number of nitrogens with zero attached hydrogens (tertiary/aromatic N) is 1. The van der Waals surface area contributed by atoms with Gasteiger partial charge in [0.05, 0.1) is 11.8 Å². The average Bonchev–Trinajstić information content (AvgIpc) is 3.09. The first-order chi connectivity index (χ1) is 13.1. The number of nitrogens with one attached hydrogen (secondary N) is 2. The van der Waals surface area contributed by atoms with E-state index in [1.807, 2.05) is 19.2 Å². The van der Waals surface area contributed by atoms with Gasteiger partial charge in [0.25, 0.3) is 5.91 Å². The summed E-state index contributed by atoms with van der Waals surface area (Å²) in [6.45, 7) is 2.82. The van der Waals surface area contributed by atoms with Gasteiger partial charge in [0.2, 0.25) is 0 Å². The van der Waals surface area contributed by atoms with Crippen LogP contribution in [-0.4, -0.2) is 22.6 Å². The van der Waals surface area contributed by atoms with Gasteiger partial charge in [-0.05, 0) is 55.2 Å². The van der Waals surface area contributed by atoms with Crippen molar-refractivity contribution in [3.8, 4) is 5.75 Å². The van der Waals surface area contributed by atoms with Crippen molar-refractivity contribution in [1.29, 1.82) is 0 Å². The van der Waals surface area contributed by atoms with E-state index in [9.17, 15) is 9.18 Å². The van der Waals surface area contributed by atoms with E-state index < -0.39 is 0 Å². The normalized spacial score (nSPS) is 10.6. The van der Waals surface area contributed by atoms with E-state index in [1.54, 1.807) is 30.3 Å². The number of halogens is 1. The average molecular weight is 367 g/mol. The minimum Gasteiger partial charge on any atom is -0.488 e. The van der Waals surface area contributed by atoms with E-state index in [-0.39, 0.29) is 18.3 Å². The Labute approximate surface area is 157 Å². The molecule has 1 amide bonds. The van der Waals surface area contributed by atoms with Crippen LogP contribution in [0.4, 0.5) is 4.39 Å². The Morgan fingerprint density at radius 3 is 2.70 bits per heavy atom. The molecule has 0 aliphatic rings. The van der Waals surface area contributed by atoms with Crippen LogP contribution in [0.15, 0.2) is 54.7 Å². The largest absolute Gasteiger partial charge is 0.488 e. The second-order valence-corrected chi connectivity index (χ2v) is 6.29. The smallest absolute Gasteiger partial charge is 0.255 e. The van der Waals surface area contributed by atoms with Gasteiger partial charge < -0.3 is 10.1 Å². The molecule has 2 aromatic carbocycles. The molecular weight excluding hydrogens is 345 g/mol. The third-order valence-corrected chi connectivity index (χ3v) is 4.28. The Kier molecular flexibility index (Phi) is 6.20. The Bertz CT molecular complexity index is 890. The van der Waals surface area contributed by atoms with Gasteiger partial charge in [0, 0.05) is 12.2 Å². The third-order valence-electron chi connectivity index (χ3n) is 4.28. The first-order valence-corrected chi connectivity index (χ1v) is 8.87. The number of rotatable bonds is 8. The quantitative estimate of drug-likeness (QED) is 0.595. The summed E-state index contributed by atoms with van der Waals surface area (Å²) in [4.78, 5) is 12.5. The first kappa shape index (κ1) is 18.6. The monoisotopic (exact) mass is 367 g/mol. The van der Waals surface area contributed by atoms with Gasteiger partial charge in [-0.3, -0.25) is 9.89 Å². The number of hydrogen-bond acceptors (Lipinski definition) is 3. The Hall–Kier alpha value is -3.15. The summed E-state index contributed by atoms with van der Waals surface area (Å²) in [5.74, 6) is 0.0442. The summed E-state index contributed by atoms with van der Waals surface area (Å²) in [7, 11) is 0. The highest BCUT2D eigenvalue weighted by Crippen LogP contribution is 2.19. The van der Waals surface area contributed by atoms with Crippen LogP contribution in [0, 0.1) is 12.7 Å². The molecule has 27 heavy (non-hydrogen) atoms. The van der Waals surface area contributed by atoms with Gasteiger partial charge in [0.1, 0.15) is 18.2 Å². The number of ether oxygens (including phenoxy) is 1. The highest BCUT2D eigenvalue weighted by Gasteiger charge is 2.12. The number of hydrogen-bond donors (Lipinski definition) is 2.